The standard InChI is InChI=1S/C20H21N3O4S/c1-25-14-8-11(9-15(26-2)17(14)27-3)22-19(24)18-16(21)12-7-10-5-4-6-13(10)23-20(12)28-18/h7-9H,4-6,21H2,1-3H3,(H,22,24). The summed E-state index contributed by atoms with van der Waals surface area (Å²) in [5.74, 6) is 1.08. The lowest BCUT2D eigenvalue weighted by Crippen LogP contribution is -2.12. The lowest BCUT2D eigenvalue weighted by Gasteiger charge is -2.14. The first-order valence-corrected chi connectivity index (χ1v) is 9.69. The van der Waals surface area contributed by atoms with Gasteiger partial charge in [-0.15, -0.1) is 11.3 Å². The Morgan fingerprint density at radius 2 is 1.82 bits per heavy atom. The van der Waals surface area contributed by atoms with Crippen LogP contribution in [0, 0.1) is 0 Å². The molecular formula is C20H21N3O4S. The number of amides is 1. The van der Waals surface area contributed by atoms with E-state index < -0.39 is 0 Å². The van der Waals surface area contributed by atoms with Crippen molar-refractivity contribution < 1.29 is 19.0 Å². The summed E-state index contributed by atoms with van der Waals surface area (Å²) in [5, 5.41) is 3.71. The maximum Gasteiger partial charge on any atom is 0.267 e. The summed E-state index contributed by atoms with van der Waals surface area (Å²) < 4.78 is 16.0. The summed E-state index contributed by atoms with van der Waals surface area (Å²) in [7, 11) is 4.58. The number of anilines is 2. The molecule has 1 aromatic carbocycles. The molecule has 2 heterocycles. The van der Waals surface area contributed by atoms with E-state index in [0.717, 1.165) is 35.2 Å². The maximum atomic E-state index is 12.9. The van der Waals surface area contributed by atoms with Gasteiger partial charge in [-0.1, -0.05) is 0 Å². The molecule has 4 rings (SSSR count). The third-order valence-electron chi connectivity index (χ3n) is 4.88. The highest BCUT2D eigenvalue weighted by Gasteiger charge is 2.22. The zero-order valence-corrected chi connectivity index (χ0v) is 16.7. The Kier molecular flexibility index (Phi) is 4.72. The first-order valence-electron chi connectivity index (χ1n) is 8.87. The van der Waals surface area contributed by atoms with E-state index in [1.54, 1.807) is 12.1 Å². The molecule has 1 aliphatic carbocycles. The first kappa shape index (κ1) is 18.4. The van der Waals surface area contributed by atoms with Gasteiger partial charge in [-0.3, -0.25) is 4.79 Å². The minimum atomic E-state index is -0.296. The van der Waals surface area contributed by atoms with Crippen molar-refractivity contribution in [3.8, 4) is 17.2 Å². The van der Waals surface area contributed by atoms with E-state index in [2.05, 4.69) is 11.4 Å². The van der Waals surface area contributed by atoms with Crippen LogP contribution in [0.1, 0.15) is 27.3 Å². The molecule has 0 saturated heterocycles. The highest BCUT2D eigenvalue weighted by atomic mass is 32.1. The summed E-state index contributed by atoms with van der Waals surface area (Å²) in [5.41, 5.74) is 9.62. The summed E-state index contributed by atoms with van der Waals surface area (Å²) in [6, 6.07) is 5.43. The van der Waals surface area contributed by atoms with Gasteiger partial charge in [0, 0.05) is 28.9 Å². The van der Waals surface area contributed by atoms with Gasteiger partial charge >= 0.3 is 0 Å². The number of hydrogen-bond donors (Lipinski definition) is 2. The summed E-state index contributed by atoms with van der Waals surface area (Å²) in [4.78, 5) is 18.8. The van der Waals surface area contributed by atoms with Crippen LogP contribution < -0.4 is 25.3 Å². The molecule has 0 fully saturated rings. The van der Waals surface area contributed by atoms with Crippen LogP contribution in [-0.4, -0.2) is 32.2 Å². The fourth-order valence-corrected chi connectivity index (χ4v) is 4.50. The highest BCUT2D eigenvalue weighted by Crippen LogP contribution is 2.41. The zero-order chi connectivity index (χ0) is 19.8. The smallest absolute Gasteiger partial charge is 0.267 e. The molecule has 0 saturated carbocycles. The van der Waals surface area contributed by atoms with E-state index in [-0.39, 0.29) is 5.91 Å². The van der Waals surface area contributed by atoms with E-state index in [0.29, 0.717) is 33.5 Å². The van der Waals surface area contributed by atoms with Crippen molar-refractivity contribution in [1.82, 2.24) is 4.98 Å². The lowest BCUT2D eigenvalue weighted by molar-refractivity contribution is 0.103. The number of nitrogens with one attached hydrogen (secondary N) is 1. The van der Waals surface area contributed by atoms with Gasteiger partial charge in [-0.25, -0.2) is 4.98 Å². The number of nitrogens with zero attached hydrogens (tertiary/aromatic N) is 1. The second-order valence-electron chi connectivity index (χ2n) is 6.51. The van der Waals surface area contributed by atoms with Gasteiger partial charge in [0.05, 0.1) is 27.0 Å². The molecule has 0 aliphatic heterocycles. The molecule has 0 bridgehead atoms. The van der Waals surface area contributed by atoms with Crippen molar-refractivity contribution in [1.29, 1.82) is 0 Å². The average Bonchev–Trinajstić information content (AvgIpc) is 3.29. The van der Waals surface area contributed by atoms with Crippen LogP contribution in [0.4, 0.5) is 11.4 Å². The number of aryl methyl sites for hydroxylation is 2. The van der Waals surface area contributed by atoms with Crippen molar-refractivity contribution in [2.75, 3.05) is 32.4 Å². The molecule has 0 radical (unpaired) electrons. The third kappa shape index (κ3) is 2.99. The molecule has 7 nitrogen and oxygen atoms in total. The van der Waals surface area contributed by atoms with Crippen LogP contribution >= 0.6 is 11.3 Å². The molecule has 3 N–H and O–H groups in total. The van der Waals surface area contributed by atoms with Gasteiger partial charge in [-0.05, 0) is 30.9 Å². The van der Waals surface area contributed by atoms with Crippen molar-refractivity contribution >= 4 is 38.8 Å². The van der Waals surface area contributed by atoms with E-state index in [9.17, 15) is 4.79 Å². The minimum Gasteiger partial charge on any atom is -0.493 e. The number of nitrogens with two attached hydrogens (primary N) is 1. The monoisotopic (exact) mass is 399 g/mol. The number of hydrogen-bond acceptors (Lipinski definition) is 7. The third-order valence-corrected chi connectivity index (χ3v) is 5.99. The predicted octanol–water partition coefficient (Wildman–Crippen LogP) is 3.65. The van der Waals surface area contributed by atoms with Crippen LogP contribution in [0.5, 0.6) is 17.2 Å². The molecule has 1 amide bonds. The van der Waals surface area contributed by atoms with Crippen molar-refractivity contribution in [2.24, 2.45) is 0 Å². The Labute approximate surface area is 166 Å². The van der Waals surface area contributed by atoms with Gasteiger partial charge in [0.25, 0.3) is 5.91 Å². The number of pyridine rings is 1. The van der Waals surface area contributed by atoms with Crippen LogP contribution in [0.25, 0.3) is 10.2 Å². The van der Waals surface area contributed by atoms with Crippen LogP contribution in [-0.2, 0) is 12.8 Å². The van der Waals surface area contributed by atoms with Gasteiger partial charge < -0.3 is 25.3 Å². The second kappa shape index (κ2) is 7.20. The zero-order valence-electron chi connectivity index (χ0n) is 15.9. The minimum absolute atomic E-state index is 0.296. The fourth-order valence-electron chi connectivity index (χ4n) is 3.51. The van der Waals surface area contributed by atoms with E-state index >= 15 is 0 Å². The Hall–Kier alpha value is -3.00. The van der Waals surface area contributed by atoms with Gasteiger partial charge in [0.2, 0.25) is 5.75 Å². The Bertz CT molecular complexity index is 1050. The van der Waals surface area contributed by atoms with Gasteiger partial charge in [-0.2, -0.15) is 0 Å². The van der Waals surface area contributed by atoms with Crippen LogP contribution in [0.15, 0.2) is 18.2 Å². The number of aromatic nitrogens is 1. The number of ether oxygens (including phenoxy) is 3. The Morgan fingerprint density at radius 1 is 1.11 bits per heavy atom. The van der Waals surface area contributed by atoms with Crippen LogP contribution in [0.3, 0.4) is 0 Å². The molecule has 8 heteroatoms. The number of thiophene rings is 1. The SMILES string of the molecule is COc1cc(NC(=O)c2sc3nc4c(cc3c2N)CCC4)cc(OC)c1OC. The highest BCUT2D eigenvalue weighted by molar-refractivity contribution is 7.21. The topological polar surface area (TPSA) is 95.7 Å². The van der Waals surface area contributed by atoms with E-state index in [4.69, 9.17) is 24.9 Å². The number of methoxy groups -OCH3 is 3. The number of fused-ring (bicyclic) bond motifs is 2. The molecule has 0 unspecified atom stereocenters. The van der Waals surface area contributed by atoms with Crippen molar-refractivity contribution in [2.45, 2.75) is 19.3 Å². The number of benzene rings is 1. The quantitative estimate of drug-likeness (QED) is 0.680. The normalized spacial score (nSPS) is 12.7. The van der Waals surface area contributed by atoms with Crippen LogP contribution in [0.2, 0.25) is 0 Å². The van der Waals surface area contributed by atoms with Gasteiger partial charge in [0.15, 0.2) is 11.5 Å². The fraction of sp³-hybridized carbons (Fsp3) is 0.300. The molecule has 28 heavy (non-hydrogen) atoms. The van der Waals surface area contributed by atoms with E-state index in [1.165, 1.54) is 38.2 Å². The molecule has 2 aromatic heterocycles. The Morgan fingerprint density at radius 3 is 2.46 bits per heavy atom. The Balaban J connectivity index is 1.68. The summed E-state index contributed by atoms with van der Waals surface area (Å²) in [6.07, 6.45) is 3.12. The summed E-state index contributed by atoms with van der Waals surface area (Å²) >= 11 is 1.31. The molecule has 3 aromatic rings. The largest absolute Gasteiger partial charge is 0.493 e. The van der Waals surface area contributed by atoms with E-state index in [1.807, 2.05) is 0 Å². The molecule has 0 atom stereocenters. The maximum absolute atomic E-state index is 12.9. The second-order valence-corrected chi connectivity index (χ2v) is 7.51. The molecular weight excluding hydrogens is 378 g/mol. The molecule has 0 spiro atoms. The number of carbonyl (C=O) groups is 1. The average molecular weight is 399 g/mol. The van der Waals surface area contributed by atoms with Crippen molar-refractivity contribution in [3.05, 3.63) is 34.3 Å². The predicted molar refractivity (Wildman–Crippen MR) is 110 cm³/mol. The molecule has 1 aliphatic rings. The number of rotatable bonds is 5. The first-order chi connectivity index (χ1) is 13.5. The lowest BCUT2D eigenvalue weighted by atomic mass is 10.1. The number of carbonyl (C=O) groups excluding carboxylic acids is 1. The number of nitrogen functional groups attached to an aromatic ring is 1. The molecule has 146 valence electrons. The summed E-state index contributed by atoms with van der Waals surface area (Å²) in [6.45, 7) is 0. The van der Waals surface area contributed by atoms with Gasteiger partial charge in [0.1, 0.15) is 9.71 Å². The van der Waals surface area contributed by atoms with Crippen molar-refractivity contribution in [3.63, 3.8) is 0 Å².